The standard InChI is InChI=1S/C9H11FN6/c10-7-4-13-2-1-5(7)8(15-12)6-3-14-16-9(6)11/h1-4,8,15H,12H2,(H3,11,14,16). The van der Waals surface area contributed by atoms with Gasteiger partial charge in [0.15, 0.2) is 0 Å². The number of nitrogen functional groups attached to an aromatic ring is 1. The van der Waals surface area contributed by atoms with Gasteiger partial charge < -0.3 is 5.73 Å². The molecule has 2 rings (SSSR count). The van der Waals surface area contributed by atoms with Gasteiger partial charge in [0.1, 0.15) is 11.6 Å². The van der Waals surface area contributed by atoms with Crippen molar-refractivity contribution in [1.82, 2.24) is 20.6 Å². The number of nitrogens with two attached hydrogens (primary N) is 2. The number of hydrogen-bond donors (Lipinski definition) is 4. The minimum absolute atomic E-state index is 0.346. The number of H-pyrrole nitrogens is 1. The van der Waals surface area contributed by atoms with Gasteiger partial charge in [0.25, 0.3) is 0 Å². The predicted molar refractivity (Wildman–Crippen MR) is 56.4 cm³/mol. The van der Waals surface area contributed by atoms with E-state index in [4.69, 9.17) is 11.6 Å². The molecule has 84 valence electrons. The van der Waals surface area contributed by atoms with E-state index in [0.717, 1.165) is 6.20 Å². The van der Waals surface area contributed by atoms with E-state index in [-0.39, 0.29) is 0 Å². The lowest BCUT2D eigenvalue weighted by molar-refractivity contribution is 0.556. The fraction of sp³-hybridized carbons (Fsp3) is 0.111. The molecule has 7 heteroatoms. The number of hydrogen-bond acceptors (Lipinski definition) is 5. The van der Waals surface area contributed by atoms with Crippen LogP contribution in [0.5, 0.6) is 0 Å². The van der Waals surface area contributed by atoms with Crippen molar-refractivity contribution in [2.75, 3.05) is 5.73 Å². The van der Waals surface area contributed by atoms with Gasteiger partial charge in [-0.3, -0.25) is 15.9 Å². The minimum Gasteiger partial charge on any atom is -0.384 e. The Hall–Kier alpha value is -1.99. The summed E-state index contributed by atoms with van der Waals surface area (Å²) in [7, 11) is 0. The summed E-state index contributed by atoms with van der Waals surface area (Å²) in [5.41, 5.74) is 9.10. The van der Waals surface area contributed by atoms with Crippen molar-refractivity contribution in [3.8, 4) is 0 Å². The summed E-state index contributed by atoms with van der Waals surface area (Å²) in [6, 6.07) is 0.980. The summed E-state index contributed by atoms with van der Waals surface area (Å²) in [4.78, 5) is 3.67. The summed E-state index contributed by atoms with van der Waals surface area (Å²) in [6.07, 6.45) is 4.11. The highest BCUT2D eigenvalue weighted by Crippen LogP contribution is 2.25. The van der Waals surface area contributed by atoms with Crippen LogP contribution in [0.2, 0.25) is 0 Å². The number of anilines is 1. The lowest BCUT2D eigenvalue weighted by atomic mass is 10.0. The third-order valence-corrected chi connectivity index (χ3v) is 2.29. The number of rotatable bonds is 3. The zero-order valence-corrected chi connectivity index (χ0v) is 8.31. The molecule has 16 heavy (non-hydrogen) atoms. The van der Waals surface area contributed by atoms with Crippen molar-refractivity contribution in [1.29, 1.82) is 0 Å². The van der Waals surface area contributed by atoms with Crippen molar-refractivity contribution < 1.29 is 4.39 Å². The zero-order chi connectivity index (χ0) is 11.5. The van der Waals surface area contributed by atoms with E-state index in [1.54, 1.807) is 0 Å². The third kappa shape index (κ3) is 1.73. The molecule has 6 N–H and O–H groups in total. The van der Waals surface area contributed by atoms with E-state index in [0.29, 0.717) is 16.9 Å². The number of aromatic amines is 1. The van der Waals surface area contributed by atoms with Crippen molar-refractivity contribution in [3.63, 3.8) is 0 Å². The van der Waals surface area contributed by atoms with Gasteiger partial charge in [0.2, 0.25) is 0 Å². The van der Waals surface area contributed by atoms with Crippen LogP contribution in [0, 0.1) is 5.82 Å². The maximum absolute atomic E-state index is 13.5. The second-order valence-electron chi connectivity index (χ2n) is 3.24. The van der Waals surface area contributed by atoms with Crippen molar-refractivity contribution in [2.24, 2.45) is 5.84 Å². The van der Waals surface area contributed by atoms with Crippen LogP contribution in [0.15, 0.2) is 24.7 Å². The molecule has 2 aromatic heterocycles. The highest BCUT2D eigenvalue weighted by Gasteiger charge is 2.19. The van der Waals surface area contributed by atoms with Crippen LogP contribution in [-0.4, -0.2) is 15.2 Å². The van der Waals surface area contributed by atoms with Crippen LogP contribution in [0.4, 0.5) is 10.2 Å². The van der Waals surface area contributed by atoms with E-state index in [1.807, 2.05) is 0 Å². The number of nitrogens with one attached hydrogen (secondary N) is 2. The Kier molecular flexibility index (Phi) is 2.80. The lowest BCUT2D eigenvalue weighted by Gasteiger charge is -2.15. The Morgan fingerprint density at radius 2 is 2.19 bits per heavy atom. The molecule has 0 saturated carbocycles. The topological polar surface area (TPSA) is 106 Å². The first-order chi connectivity index (χ1) is 7.74. The normalized spacial score (nSPS) is 12.6. The maximum atomic E-state index is 13.5. The molecule has 0 aromatic carbocycles. The minimum atomic E-state index is -0.554. The molecule has 1 atom stereocenters. The first-order valence-corrected chi connectivity index (χ1v) is 4.58. The Bertz CT molecular complexity index is 482. The third-order valence-electron chi connectivity index (χ3n) is 2.29. The van der Waals surface area contributed by atoms with Gasteiger partial charge in [0, 0.05) is 17.3 Å². The van der Waals surface area contributed by atoms with Crippen LogP contribution < -0.4 is 17.0 Å². The molecule has 6 nitrogen and oxygen atoms in total. The number of hydrazine groups is 1. The molecule has 2 aromatic rings. The highest BCUT2D eigenvalue weighted by molar-refractivity contribution is 5.44. The molecule has 0 aliphatic carbocycles. The first-order valence-electron chi connectivity index (χ1n) is 4.58. The second kappa shape index (κ2) is 4.25. The van der Waals surface area contributed by atoms with Crippen molar-refractivity contribution in [2.45, 2.75) is 6.04 Å². The SMILES string of the molecule is NNC(c1ccncc1F)c1cn[nH]c1N. The summed E-state index contributed by atoms with van der Waals surface area (Å²) >= 11 is 0. The molecule has 0 fully saturated rings. The maximum Gasteiger partial charge on any atom is 0.146 e. The average molecular weight is 222 g/mol. The van der Waals surface area contributed by atoms with Gasteiger partial charge in [-0.15, -0.1) is 0 Å². The highest BCUT2D eigenvalue weighted by atomic mass is 19.1. The molecular formula is C9H11FN6. The van der Waals surface area contributed by atoms with Crippen LogP contribution in [0.3, 0.4) is 0 Å². The van der Waals surface area contributed by atoms with Crippen LogP contribution in [0.25, 0.3) is 0 Å². The van der Waals surface area contributed by atoms with E-state index in [2.05, 4.69) is 20.6 Å². The first kappa shape index (κ1) is 10.5. The molecule has 1 unspecified atom stereocenters. The summed E-state index contributed by atoms with van der Waals surface area (Å²) in [5, 5.41) is 6.33. The Morgan fingerprint density at radius 1 is 1.38 bits per heavy atom. The number of pyridine rings is 1. The smallest absolute Gasteiger partial charge is 0.146 e. The fourth-order valence-electron chi connectivity index (χ4n) is 1.50. The Balaban J connectivity index is 2.45. The summed E-state index contributed by atoms with van der Waals surface area (Å²) in [5.74, 6) is 5.29. The van der Waals surface area contributed by atoms with E-state index in [1.165, 1.54) is 18.5 Å². The molecular weight excluding hydrogens is 211 g/mol. The number of nitrogens with zero attached hydrogens (tertiary/aromatic N) is 2. The van der Waals surface area contributed by atoms with Gasteiger partial charge in [0.05, 0.1) is 18.4 Å². The predicted octanol–water partition coefficient (Wildman–Crippen LogP) is 0.0787. The van der Waals surface area contributed by atoms with E-state index >= 15 is 0 Å². The largest absolute Gasteiger partial charge is 0.384 e. The van der Waals surface area contributed by atoms with Crippen molar-refractivity contribution >= 4 is 5.82 Å². The molecule has 0 radical (unpaired) electrons. The number of halogens is 1. The molecule has 0 saturated heterocycles. The molecule has 2 heterocycles. The molecule has 0 aliphatic heterocycles. The van der Waals surface area contributed by atoms with Crippen LogP contribution in [-0.2, 0) is 0 Å². The quantitative estimate of drug-likeness (QED) is 0.434. The molecule has 0 bridgehead atoms. The zero-order valence-electron chi connectivity index (χ0n) is 8.31. The van der Waals surface area contributed by atoms with Gasteiger partial charge in [-0.2, -0.15) is 5.10 Å². The van der Waals surface area contributed by atoms with Crippen LogP contribution in [0.1, 0.15) is 17.2 Å². The molecule has 0 spiro atoms. The molecule has 0 amide bonds. The number of aromatic nitrogens is 3. The monoisotopic (exact) mass is 222 g/mol. The average Bonchev–Trinajstić information content (AvgIpc) is 2.69. The second-order valence-corrected chi connectivity index (χ2v) is 3.24. The van der Waals surface area contributed by atoms with Gasteiger partial charge >= 0.3 is 0 Å². The van der Waals surface area contributed by atoms with Crippen molar-refractivity contribution in [3.05, 3.63) is 41.6 Å². The lowest BCUT2D eigenvalue weighted by Crippen LogP contribution is -2.29. The van der Waals surface area contributed by atoms with E-state index < -0.39 is 11.9 Å². The Morgan fingerprint density at radius 3 is 2.75 bits per heavy atom. The Labute approximate surface area is 90.8 Å². The van der Waals surface area contributed by atoms with E-state index in [9.17, 15) is 4.39 Å². The van der Waals surface area contributed by atoms with Gasteiger partial charge in [-0.05, 0) is 6.07 Å². The molecule has 0 aliphatic rings. The summed E-state index contributed by atoms with van der Waals surface area (Å²) in [6.45, 7) is 0. The van der Waals surface area contributed by atoms with Gasteiger partial charge in [-0.1, -0.05) is 0 Å². The summed E-state index contributed by atoms with van der Waals surface area (Å²) < 4.78 is 13.5. The fourth-order valence-corrected chi connectivity index (χ4v) is 1.50. The van der Waals surface area contributed by atoms with Crippen LogP contribution >= 0.6 is 0 Å². The van der Waals surface area contributed by atoms with Gasteiger partial charge in [-0.25, -0.2) is 9.82 Å².